The molecular weight excluding hydrogens is 328 g/mol. The lowest BCUT2D eigenvalue weighted by Gasteiger charge is -2.25. The predicted molar refractivity (Wildman–Crippen MR) is 102 cm³/mol. The van der Waals surface area contributed by atoms with Gasteiger partial charge >= 0.3 is 0 Å². The van der Waals surface area contributed by atoms with Crippen molar-refractivity contribution in [3.63, 3.8) is 0 Å². The summed E-state index contributed by atoms with van der Waals surface area (Å²) >= 11 is 0. The second kappa shape index (κ2) is 8.80. The van der Waals surface area contributed by atoms with Gasteiger partial charge in [-0.25, -0.2) is 14.7 Å². The highest BCUT2D eigenvalue weighted by atomic mass is 16.5. The van der Waals surface area contributed by atoms with Crippen molar-refractivity contribution in [2.45, 2.75) is 52.4 Å². The van der Waals surface area contributed by atoms with Crippen molar-refractivity contribution in [1.29, 1.82) is 0 Å². The van der Waals surface area contributed by atoms with Crippen molar-refractivity contribution in [3.8, 4) is 0 Å². The van der Waals surface area contributed by atoms with Crippen LogP contribution in [0.1, 0.15) is 36.1 Å². The third-order valence-electron chi connectivity index (χ3n) is 4.40. The molecule has 1 aromatic heterocycles. The van der Waals surface area contributed by atoms with Gasteiger partial charge in [-0.2, -0.15) is 5.10 Å². The minimum Gasteiger partial charge on any atom is -0.377 e. The maximum Gasteiger partial charge on any atom is 0.191 e. The van der Waals surface area contributed by atoms with Crippen LogP contribution < -0.4 is 10.6 Å². The summed E-state index contributed by atoms with van der Waals surface area (Å²) < 4.78 is 7.11. The highest BCUT2D eigenvalue weighted by Crippen LogP contribution is 2.13. The standard InChI is InChI=1S/C19H28N6O/c1-4-20-19(21-11-15-7-5-14(2)6-8-15)22-16-9-10-18-23-17(13-26-3)24-25(18)12-16/h5-8,16H,4,9-13H2,1-3H3,(H2,20,21,22). The van der Waals surface area contributed by atoms with Gasteiger partial charge in [0.15, 0.2) is 11.8 Å². The first-order chi connectivity index (χ1) is 12.7. The zero-order chi connectivity index (χ0) is 18.4. The molecule has 7 heteroatoms. The van der Waals surface area contributed by atoms with Gasteiger partial charge in [0.1, 0.15) is 12.4 Å². The lowest BCUT2D eigenvalue weighted by Crippen LogP contribution is -2.47. The van der Waals surface area contributed by atoms with Gasteiger partial charge in [-0.15, -0.1) is 0 Å². The summed E-state index contributed by atoms with van der Waals surface area (Å²) in [6, 6.07) is 8.78. The van der Waals surface area contributed by atoms with Crippen LogP contribution in [0.5, 0.6) is 0 Å². The summed E-state index contributed by atoms with van der Waals surface area (Å²) in [7, 11) is 1.66. The molecule has 2 heterocycles. The van der Waals surface area contributed by atoms with E-state index in [9.17, 15) is 0 Å². The fourth-order valence-electron chi connectivity index (χ4n) is 3.05. The van der Waals surface area contributed by atoms with Crippen LogP contribution in [0.2, 0.25) is 0 Å². The average Bonchev–Trinajstić information content (AvgIpc) is 3.03. The summed E-state index contributed by atoms with van der Waals surface area (Å²) in [5.41, 5.74) is 2.47. The monoisotopic (exact) mass is 356 g/mol. The number of aliphatic imine (C=N–C) groups is 1. The van der Waals surface area contributed by atoms with Gasteiger partial charge in [0, 0.05) is 26.1 Å². The van der Waals surface area contributed by atoms with E-state index in [1.807, 2.05) is 4.68 Å². The highest BCUT2D eigenvalue weighted by molar-refractivity contribution is 5.80. The number of aryl methyl sites for hydroxylation is 2. The van der Waals surface area contributed by atoms with Crippen LogP contribution in [0, 0.1) is 6.92 Å². The molecule has 0 bridgehead atoms. The van der Waals surface area contributed by atoms with E-state index in [1.165, 1.54) is 11.1 Å². The molecule has 0 aliphatic carbocycles. The molecule has 1 atom stereocenters. The van der Waals surface area contributed by atoms with E-state index in [0.29, 0.717) is 13.2 Å². The van der Waals surface area contributed by atoms with Crippen LogP contribution in [0.25, 0.3) is 0 Å². The zero-order valence-electron chi connectivity index (χ0n) is 15.8. The normalized spacial score (nSPS) is 17.0. The molecule has 0 radical (unpaired) electrons. The van der Waals surface area contributed by atoms with E-state index in [4.69, 9.17) is 9.73 Å². The largest absolute Gasteiger partial charge is 0.377 e. The maximum atomic E-state index is 5.13. The Morgan fingerprint density at radius 2 is 2.15 bits per heavy atom. The Kier molecular flexibility index (Phi) is 6.22. The number of nitrogens with one attached hydrogen (secondary N) is 2. The Morgan fingerprint density at radius 1 is 1.35 bits per heavy atom. The van der Waals surface area contributed by atoms with Crippen LogP contribution in [0.3, 0.4) is 0 Å². The number of guanidine groups is 1. The van der Waals surface area contributed by atoms with Crippen LogP contribution >= 0.6 is 0 Å². The van der Waals surface area contributed by atoms with Crippen molar-refractivity contribution in [2.75, 3.05) is 13.7 Å². The summed E-state index contributed by atoms with van der Waals surface area (Å²) in [5, 5.41) is 11.4. The minimum atomic E-state index is 0.287. The van der Waals surface area contributed by atoms with E-state index in [2.05, 4.69) is 58.8 Å². The van der Waals surface area contributed by atoms with Crippen molar-refractivity contribution in [3.05, 3.63) is 47.0 Å². The Hall–Kier alpha value is -2.41. The molecular formula is C19H28N6O. The first kappa shape index (κ1) is 18.4. The van der Waals surface area contributed by atoms with E-state index >= 15 is 0 Å². The molecule has 0 amide bonds. The molecule has 1 aliphatic rings. The van der Waals surface area contributed by atoms with Crippen molar-refractivity contribution < 1.29 is 4.74 Å². The van der Waals surface area contributed by atoms with Gasteiger partial charge < -0.3 is 15.4 Å². The molecule has 0 spiro atoms. The first-order valence-electron chi connectivity index (χ1n) is 9.20. The van der Waals surface area contributed by atoms with Crippen molar-refractivity contribution in [2.24, 2.45) is 4.99 Å². The van der Waals surface area contributed by atoms with Gasteiger partial charge in [0.25, 0.3) is 0 Å². The summed E-state index contributed by atoms with van der Waals surface area (Å²) in [5.74, 6) is 2.64. The Bertz CT molecular complexity index is 737. The fourth-order valence-corrected chi connectivity index (χ4v) is 3.05. The van der Waals surface area contributed by atoms with E-state index in [-0.39, 0.29) is 6.04 Å². The maximum absolute atomic E-state index is 5.13. The molecule has 2 aromatic rings. The molecule has 7 nitrogen and oxygen atoms in total. The van der Waals surface area contributed by atoms with Gasteiger partial charge in [0.2, 0.25) is 0 Å². The highest BCUT2D eigenvalue weighted by Gasteiger charge is 2.22. The molecule has 1 aromatic carbocycles. The molecule has 26 heavy (non-hydrogen) atoms. The lowest BCUT2D eigenvalue weighted by molar-refractivity contribution is 0.177. The minimum absolute atomic E-state index is 0.287. The van der Waals surface area contributed by atoms with Crippen LogP contribution in [-0.4, -0.2) is 40.4 Å². The van der Waals surface area contributed by atoms with Crippen molar-refractivity contribution in [1.82, 2.24) is 25.4 Å². The molecule has 3 rings (SSSR count). The number of benzene rings is 1. The molecule has 0 fully saturated rings. The third kappa shape index (κ3) is 4.82. The number of nitrogens with zero attached hydrogens (tertiary/aromatic N) is 4. The van der Waals surface area contributed by atoms with E-state index < -0.39 is 0 Å². The second-order valence-corrected chi connectivity index (χ2v) is 6.62. The number of fused-ring (bicyclic) bond motifs is 1. The Morgan fingerprint density at radius 3 is 2.88 bits per heavy atom. The van der Waals surface area contributed by atoms with Crippen LogP contribution in [0.15, 0.2) is 29.3 Å². The molecule has 1 unspecified atom stereocenters. The van der Waals surface area contributed by atoms with Gasteiger partial charge in [-0.1, -0.05) is 29.8 Å². The van der Waals surface area contributed by atoms with Gasteiger partial charge in [-0.05, 0) is 25.8 Å². The SMILES string of the molecule is CCNC(=NCc1ccc(C)cc1)NC1CCc2nc(COC)nn2C1. The molecule has 140 valence electrons. The smallest absolute Gasteiger partial charge is 0.191 e. The molecule has 0 saturated carbocycles. The number of methoxy groups -OCH3 is 1. The van der Waals surface area contributed by atoms with Gasteiger partial charge in [-0.3, -0.25) is 0 Å². The molecule has 1 aliphatic heterocycles. The van der Waals surface area contributed by atoms with E-state index in [1.54, 1.807) is 7.11 Å². The third-order valence-corrected chi connectivity index (χ3v) is 4.40. The predicted octanol–water partition coefficient (Wildman–Crippen LogP) is 1.80. The number of ether oxygens (including phenoxy) is 1. The Labute approximate surface area is 154 Å². The first-order valence-corrected chi connectivity index (χ1v) is 9.20. The topological polar surface area (TPSA) is 76.4 Å². The number of hydrogen-bond acceptors (Lipinski definition) is 4. The fraction of sp³-hybridized carbons (Fsp3) is 0.526. The molecule has 2 N–H and O–H groups in total. The van der Waals surface area contributed by atoms with Gasteiger partial charge in [0.05, 0.1) is 13.1 Å². The average molecular weight is 356 g/mol. The van der Waals surface area contributed by atoms with Crippen molar-refractivity contribution >= 4 is 5.96 Å². The summed E-state index contributed by atoms with van der Waals surface area (Å²) in [4.78, 5) is 9.25. The second-order valence-electron chi connectivity index (χ2n) is 6.62. The summed E-state index contributed by atoms with van der Waals surface area (Å²) in [6.07, 6.45) is 1.92. The molecule has 0 saturated heterocycles. The quantitative estimate of drug-likeness (QED) is 0.610. The number of rotatable bonds is 6. The van der Waals surface area contributed by atoms with E-state index in [0.717, 1.165) is 43.5 Å². The van der Waals surface area contributed by atoms with Crippen LogP contribution in [-0.2, 0) is 30.9 Å². The summed E-state index contributed by atoms with van der Waals surface area (Å²) in [6.45, 7) is 6.92. The zero-order valence-corrected chi connectivity index (χ0v) is 15.8. The number of hydrogen-bond donors (Lipinski definition) is 2. The van der Waals surface area contributed by atoms with Crippen LogP contribution in [0.4, 0.5) is 0 Å². The lowest BCUT2D eigenvalue weighted by atomic mass is 10.1. The number of aromatic nitrogens is 3. The Balaban J connectivity index is 1.62.